The predicted molar refractivity (Wildman–Crippen MR) is 249 cm³/mol. The van der Waals surface area contributed by atoms with E-state index in [1.54, 1.807) is 0 Å². The van der Waals surface area contributed by atoms with Crippen molar-refractivity contribution >= 4 is 17.9 Å². The molecule has 0 heterocycles. The van der Waals surface area contributed by atoms with Gasteiger partial charge in [-0.15, -0.1) is 0 Å². The van der Waals surface area contributed by atoms with Gasteiger partial charge in [-0.3, -0.25) is 9.59 Å². The maximum atomic E-state index is 12.8. The van der Waals surface area contributed by atoms with E-state index in [2.05, 4.69) is 26.0 Å². The van der Waals surface area contributed by atoms with Crippen LogP contribution in [0.25, 0.3) is 0 Å². The zero-order valence-electron chi connectivity index (χ0n) is 40.1. The van der Waals surface area contributed by atoms with Crippen molar-refractivity contribution in [3.8, 4) is 0 Å². The van der Waals surface area contributed by atoms with Crippen molar-refractivity contribution in [3.05, 3.63) is 12.2 Å². The minimum atomic E-state index is -1.50. The number of nitrogens with zero attached hydrogens (tertiary/aromatic N) is 1. The van der Waals surface area contributed by atoms with Gasteiger partial charge in [0.05, 0.1) is 34.4 Å². The highest BCUT2D eigenvalue weighted by Gasteiger charge is 2.25. The highest BCUT2D eigenvalue weighted by molar-refractivity contribution is 5.71. The maximum Gasteiger partial charge on any atom is 0.361 e. The Labute approximate surface area is 370 Å². The zero-order valence-corrected chi connectivity index (χ0v) is 40.1. The Morgan fingerprint density at radius 3 is 1.23 bits per heavy atom. The largest absolute Gasteiger partial charge is 0.477 e. The fourth-order valence-electron chi connectivity index (χ4n) is 7.30. The van der Waals surface area contributed by atoms with Gasteiger partial charge in [0.15, 0.2) is 6.10 Å². The number of aliphatic carboxylic acids is 1. The first-order valence-electron chi connectivity index (χ1n) is 25.4. The van der Waals surface area contributed by atoms with E-state index in [0.717, 1.165) is 38.5 Å². The second kappa shape index (κ2) is 43.7. The van der Waals surface area contributed by atoms with Crippen molar-refractivity contribution in [2.24, 2.45) is 0 Å². The molecule has 9 nitrogen and oxygen atoms in total. The van der Waals surface area contributed by atoms with Crippen LogP contribution in [0.1, 0.15) is 239 Å². The van der Waals surface area contributed by atoms with Crippen molar-refractivity contribution in [1.29, 1.82) is 0 Å². The van der Waals surface area contributed by atoms with Crippen molar-refractivity contribution in [2.45, 2.75) is 251 Å². The number of hydrogen-bond acceptors (Lipinski definition) is 7. The van der Waals surface area contributed by atoms with E-state index in [4.69, 9.17) is 18.9 Å². The highest BCUT2D eigenvalue weighted by Crippen LogP contribution is 2.16. The van der Waals surface area contributed by atoms with Gasteiger partial charge in [-0.1, -0.05) is 199 Å². The van der Waals surface area contributed by atoms with E-state index in [0.29, 0.717) is 17.4 Å². The second-order valence-corrected chi connectivity index (χ2v) is 18.5. The SMILES string of the molecule is CCCCCCCCCC/C=C\CCCCCCCCCCCCCCCC(=O)OC(COC(=O)CCCCCCCCCCCC)COC(OCC[N+](C)(C)C)C(=O)O. The third-order valence-corrected chi connectivity index (χ3v) is 11.3. The van der Waals surface area contributed by atoms with Crippen LogP contribution in [0.5, 0.6) is 0 Å². The van der Waals surface area contributed by atoms with E-state index in [9.17, 15) is 19.5 Å². The van der Waals surface area contributed by atoms with E-state index < -0.39 is 24.3 Å². The summed E-state index contributed by atoms with van der Waals surface area (Å²) in [5.41, 5.74) is 0. The normalized spacial score (nSPS) is 12.9. The first-order valence-corrected chi connectivity index (χ1v) is 25.4. The number of carbonyl (C=O) groups excluding carboxylic acids is 2. The molecule has 0 amide bonds. The summed E-state index contributed by atoms with van der Waals surface area (Å²) in [5, 5.41) is 9.64. The van der Waals surface area contributed by atoms with Gasteiger partial charge in [-0.05, 0) is 38.5 Å². The third kappa shape index (κ3) is 44.1. The molecule has 0 spiro atoms. The van der Waals surface area contributed by atoms with Gasteiger partial charge in [0, 0.05) is 12.8 Å². The highest BCUT2D eigenvalue weighted by atomic mass is 16.7. The molecule has 2 unspecified atom stereocenters. The number of esters is 2. The molecule has 1 N–H and O–H groups in total. The van der Waals surface area contributed by atoms with Crippen LogP contribution in [0.3, 0.4) is 0 Å². The predicted octanol–water partition coefficient (Wildman–Crippen LogP) is 13.8. The van der Waals surface area contributed by atoms with Crippen LogP contribution in [0, 0.1) is 0 Å². The Bertz CT molecular complexity index is 996. The fraction of sp³-hybridized carbons (Fsp3) is 0.902. The molecule has 2 atom stereocenters. The van der Waals surface area contributed by atoms with Gasteiger partial charge in [-0.25, -0.2) is 4.79 Å². The molecule has 354 valence electrons. The standard InChI is InChI=1S/C51H97NO8/c1-6-8-10-12-14-16-18-19-20-21-22-23-24-25-26-27-28-29-30-31-32-34-36-38-40-42-49(54)60-47(46-59-51(50(55)56)57-44-43-52(3,4)5)45-58-48(53)41-39-37-35-33-17-15-13-11-9-7-2/h21-22,47,51H,6-20,23-46H2,1-5H3/p+1/b22-21-. The molecule has 0 aliphatic heterocycles. The molecule has 0 fully saturated rings. The Kier molecular flexibility index (Phi) is 42.2. The quantitative estimate of drug-likeness (QED) is 0.0212. The average Bonchev–Trinajstić information content (AvgIpc) is 3.21. The van der Waals surface area contributed by atoms with Gasteiger partial charge in [0.25, 0.3) is 6.29 Å². The molecule has 0 aromatic rings. The fourth-order valence-corrected chi connectivity index (χ4v) is 7.30. The molecule has 0 aromatic heterocycles. The molecule has 60 heavy (non-hydrogen) atoms. The number of hydrogen-bond donors (Lipinski definition) is 1. The minimum absolute atomic E-state index is 0.176. The monoisotopic (exact) mass is 853 g/mol. The average molecular weight is 853 g/mol. The van der Waals surface area contributed by atoms with Gasteiger partial charge < -0.3 is 28.5 Å². The first-order chi connectivity index (χ1) is 29.1. The number of unbranched alkanes of at least 4 members (excludes halogenated alkanes) is 30. The Hall–Kier alpha value is -1.97. The number of rotatable bonds is 47. The zero-order chi connectivity index (χ0) is 44.2. The minimum Gasteiger partial charge on any atom is -0.477 e. The molecule has 0 radical (unpaired) electrons. The molecule has 0 saturated carbocycles. The maximum absolute atomic E-state index is 12.8. The molecule has 0 saturated heterocycles. The van der Waals surface area contributed by atoms with Crippen LogP contribution in [0.2, 0.25) is 0 Å². The third-order valence-electron chi connectivity index (χ3n) is 11.3. The second-order valence-electron chi connectivity index (χ2n) is 18.5. The number of allylic oxidation sites excluding steroid dienone is 2. The van der Waals surface area contributed by atoms with E-state index in [-0.39, 0.29) is 32.2 Å². The van der Waals surface area contributed by atoms with Crippen molar-refractivity contribution in [2.75, 3.05) is 47.5 Å². The van der Waals surface area contributed by atoms with Crippen LogP contribution in [0.4, 0.5) is 0 Å². The number of carbonyl (C=O) groups is 3. The summed E-state index contributed by atoms with van der Waals surface area (Å²) in [6.45, 7) is 4.89. The van der Waals surface area contributed by atoms with Crippen molar-refractivity contribution < 1.29 is 42.9 Å². The van der Waals surface area contributed by atoms with Crippen LogP contribution in [-0.4, -0.2) is 87.4 Å². The number of likely N-dealkylation sites (N-methyl/N-ethyl adjacent to an activating group) is 1. The summed E-state index contributed by atoms with van der Waals surface area (Å²) < 4.78 is 22.8. The topological polar surface area (TPSA) is 108 Å². The number of carboxylic acids is 1. The first kappa shape index (κ1) is 58.0. The van der Waals surface area contributed by atoms with Gasteiger partial charge in [-0.2, -0.15) is 0 Å². The van der Waals surface area contributed by atoms with E-state index in [1.165, 1.54) is 173 Å². The number of carboxylic acid groups (broad SMARTS) is 1. The van der Waals surface area contributed by atoms with Crippen molar-refractivity contribution in [1.82, 2.24) is 0 Å². The summed E-state index contributed by atoms with van der Waals surface area (Å²) in [6, 6.07) is 0. The molecule has 0 aromatic carbocycles. The van der Waals surface area contributed by atoms with E-state index in [1.807, 2.05) is 21.1 Å². The van der Waals surface area contributed by atoms with Crippen molar-refractivity contribution in [3.63, 3.8) is 0 Å². The summed E-state index contributed by atoms with van der Waals surface area (Å²) in [5.74, 6) is -1.99. The summed E-state index contributed by atoms with van der Waals surface area (Å²) in [7, 11) is 5.96. The molecular formula is C51H98NO8+. The Morgan fingerprint density at radius 1 is 0.483 bits per heavy atom. The van der Waals surface area contributed by atoms with Crippen LogP contribution in [0.15, 0.2) is 12.2 Å². The summed E-state index contributed by atoms with van der Waals surface area (Å²) >= 11 is 0. The Balaban J connectivity index is 4.18. The van der Waals surface area contributed by atoms with Gasteiger partial charge >= 0.3 is 17.9 Å². The molecule has 0 rings (SSSR count). The molecule has 0 aliphatic carbocycles. The van der Waals surface area contributed by atoms with Gasteiger partial charge in [0.2, 0.25) is 0 Å². The lowest BCUT2D eigenvalue weighted by molar-refractivity contribution is -0.870. The summed E-state index contributed by atoms with van der Waals surface area (Å²) in [4.78, 5) is 37.1. The molecule has 0 aliphatic rings. The van der Waals surface area contributed by atoms with Crippen LogP contribution in [-0.2, 0) is 33.3 Å². The lowest BCUT2D eigenvalue weighted by atomic mass is 10.0. The van der Waals surface area contributed by atoms with E-state index >= 15 is 0 Å². The van der Waals surface area contributed by atoms with Crippen LogP contribution < -0.4 is 0 Å². The van der Waals surface area contributed by atoms with Crippen LogP contribution >= 0.6 is 0 Å². The smallest absolute Gasteiger partial charge is 0.361 e. The molecular weight excluding hydrogens is 755 g/mol. The lowest BCUT2D eigenvalue weighted by Crippen LogP contribution is -2.40. The number of quaternary nitrogens is 1. The summed E-state index contributed by atoms with van der Waals surface area (Å²) in [6.07, 6.45) is 44.3. The van der Waals surface area contributed by atoms with Gasteiger partial charge in [0.1, 0.15) is 13.2 Å². The Morgan fingerprint density at radius 2 is 0.850 bits per heavy atom. The lowest BCUT2D eigenvalue weighted by Gasteiger charge is -2.25. The molecule has 9 heteroatoms. The number of ether oxygens (including phenoxy) is 4. The molecule has 0 bridgehead atoms.